The lowest BCUT2D eigenvalue weighted by Gasteiger charge is -2.24. The third kappa shape index (κ3) is 9.56. The van der Waals surface area contributed by atoms with E-state index in [1.807, 2.05) is 72.1 Å². The predicted molar refractivity (Wildman–Crippen MR) is 160 cm³/mol. The van der Waals surface area contributed by atoms with Crippen LogP contribution in [0.25, 0.3) is 10.4 Å². The van der Waals surface area contributed by atoms with Crippen LogP contribution in [0.4, 0.5) is 0 Å². The van der Waals surface area contributed by atoms with Gasteiger partial charge in [0.2, 0.25) is 17.7 Å². The molecule has 3 rings (SSSR count). The summed E-state index contributed by atoms with van der Waals surface area (Å²) in [6.07, 6.45) is 1.67. The van der Waals surface area contributed by atoms with Crippen LogP contribution < -0.4 is 27.8 Å². The van der Waals surface area contributed by atoms with Crippen LogP contribution in [0.15, 0.2) is 72.1 Å². The van der Waals surface area contributed by atoms with Crippen LogP contribution in [0.1, 0.15) is 30.4 Å². The smallest absolute Gasteiger partial charge is 0.242 e. The highest BCUT2D eigenvalue weighted by Gasteiger charge is 2.26. The van der Waals surface area contributed by atoms with Crippen molar-refractivity contribution in [1.29, 1.82) is 0 Å². The summed E-state index contributed by atoms with van der Waals surface area (Å²) in [5.74, 6) is -1.14. The van der Waals surface area contributed by atoms with E-state index in [1.54, 1.807) is 11.3 Å². The molecule has 0 radical (unpaired) electrons. The minimum absolute atomic E-state index is 0.196. The maximum atomic E-state index is 13.3. The summed E-state index contributed by atoms with van der Waals surface area (Å²) in [6, 6.07) is 20.0. The van der Waals surface area contributed by atoms with Gasteiger partial charge in [-0.15, -0.1) is 11.3 Å². The average molecular weight is 565 g/mol. The molecule has 3 aromatic rings. The van der Waals surface area contributed by atoms with Crippen LogP contribution in [0, 0.1) is 0 Å². The number of benzene rings is 2. The molecule has 0 saturated carbocycles. The number of nitrogens with one attached hydrogen (secondary N) is 2. The Labute approximate surface area is 240 Å². The summed E-state index contributed by atoms with van der Waals surface area (Å²) in [6.45, 7) is 1.55. The van der Waals surface area contributed by atoms with E-state index < -0.39 is 18.0 Å². The Morgan fingerprint density at radius 2 is 1.57 bits per heavy atom. The fourth-order valence-electron chi connectivity index (χ4n) is 4.44. The number of carbonyl (C=O) groups excluding carboxylic acids is 3. The second kappa shape index (κ2) is 16.5. The van der Waals surface area contributed by atoms with Crippen molar-refractivity contribution in [2.24, 2.45) is 17.2 Å². The summed E-state index contributed by atoms with van der Waals surface area (Å²) >= 11 is 1.64. The highest BCUT2D eigenvalue weighted by molar-refractivity contribution is 7.13. The van der Waals surface area contributed by atoms with Gasteiger partial charge in [0.05, 0.1) is 12.5 Å². The SMILES string of the molecule is NCCN(CCN)C(=O)CC(N)C(=O)NC(CCCc1ccccc1)C(=O)NCc1ccccc1-c1cccs1. The first-order valence-corrected chi connectivity index (χ1v) is 14.5. The normalized spacial score (nSPS) is 12.4. The standard InChI is InChI=1S/C30H40N6O3S/c31-15-17-36(18-16-32)28(37)20-25(33)29(38)35-26(13-6-10-22-8-2-1-3-9-22)30(39)34-21-23-11-4-5-12-24(23)27-14-7-19-40-27/h1-5,7-9,11-12,14,19,25-26H,6,10,13,15-18,20-21,31-33H2,(H,34,39)(H,35,38). The van der Waals surface area contributed by atoms with E-state index in [2.05, 4.69) is 10.6 Å². The second-order valence-corrected chi connectivity index (χ2v) is 10.5. The largest absolute Gasteiger partial charge is 0.350 e. The highest BCUT2D eigenvalue weighted by Crippen LogP contribution is 2.27. The maximum Gasteiger partial charge on any atom is 0.242 e. The molecule has 1 heterocycles. The van der Waals surface area contributed by atoms with Crippen molar-refractivity contribution in [3.05, 3.63) is 83.2 Å². The Hall–Kier alpha value is -3.57. The third-order valence-corrected chi connectivity index (χ3v) is 7.48. The van der Waals surface area contributed by atoms with Crippen LogP contribution in [0.2, 0.25) is 0 Å². The first kappa shape index (κ1) is 31.0. The Balaban J connectivity index is 1.65. The Bertz CT molecular complexity index is 1200. The Morgan fingerprint density at radius 1 is 0.875 bits per heavy atom. The van der Waals surface area contributed by atoms with Crippen LogP contribution in [-0.2, 0) is 27.3 Å². The zero-order valence-corrected chi connectivity index (χ0v) is 23.6. The number of amides is 3. The molecular weight excluding hydrogens is 524 g/mol. The lowest BCUT2D eigenvalue weighted by Crippen LogP contribution is -2.53. The fraction of sp³-hybridized carbons (Fsp3) is 0.367. The molecule has 2 unspecified atom stereocenters. The van der Waals surface area contributed by atoms with Gasteiger partial charge >= 0.3 is 0 Å². The first-order chi connectivity index (χ1) is 19.4. The summed E-state index contributed by atoms with van der Waals surface area (Å²) in [5, 5.41) is 7.81. The van der Waals surface area contributed by atoms with Crippen molar-refractivity contribution >= 4 is 29.1 Å². The number of rotatable bonds is 16. The van der Waals surface area contributed by atoms with E-state index in [1.165, 1.54) is 4.90 Å². The monoisotopic (exact) mass is 564 g/mol. The van der Waals surface area contributed by atoms with Gasteiger partial charge in [0.1, 0.15) is 6.04 Å². The highest BCUT2D eigenvalue weighted by atomic mass is 32.1. The van der Waals surface area contributed by atoms with Gasteiger partial charge in [-0.1, -0.05) is 60.7 Å². The van der Waals surface area contributed by atoms with Crippen molar-refractivity contribution < 1.29 is 14.4 Å². The summed E-state index contributed by atoms with van der Waals surface area (Å²) < 4.78 is 0. The number of hydrogen-bond acceptors (Lipinski definition) is 7. The summed E-state index contributed by atoms with van der Waals surface area (Å²) in [5.41, 5.74) is 20.5. The molecule has 9 nitrogen and oxygen atoms in total. The van der Waals surface area contributed by atoms with Crippen molar-refractivity contribution in [3.63, 3.8) is 0 Å². The number of hydrogen-bond donors (Lipinski definition) is 5. The fourth-order valence-corrected chi connectivity index (χ4v) is 5.22. The van der Waals surface area contributed by atoms with Crippen molar-refractivity contribution in [1.82, 2.24) is 15.5 Å². The van der Waals surface area contributed by atoms with E-state index in [4.69, 9.17) is 17.2 Å². The molecule has 3 amide bonds. The number of aryl methyl sites for hydroxylation is 1. The number of thiophene rings is 1. The third-order valence-electron chi connectivity index (χ3n) is 6.57. The van der Waals surface area contributed by atoms with Gasteiger partial charge in [-0.05, 0) is 47.4 Å². The van der Waals surface area contributed by atoms with Gasteiger partial charge in [-0.3, -0.25) is 14.4 Å². The van der Waals surface area contributed by atoms with Gasteiger partial charge in [0, 0.05) is 37.6 Å². The summed E-state index contributed by atoms with van der Waals surface area (Å²) in [4.78, 5) is 41.6. The lowest BCUT2D eigenvalue weighted by atomic mass is 10.0. The van der Waals surface area contributed by atoms with Gasteiger partial charge in [0.15, 0.2) is 0 Å². The van der Waals surface area contributed by atoms with E-state index in [-0.39, 0.29) is 31.3 Å². The van der Waals surface area contributed by atoms with Crippen LogP contribution in [0.5, 0.6) is 0 Å². The van der Waals surface area contributed by atoms with Gasteiger partial charge in [-0.25, -0.2) is 0 Å². The number of carbonyl (C=O) groups is 3. The van der Waals surface area contributed by atoms with E-state index >= 15 is 0 Å². The molecular formula is C30H40N6O3S. The molecule has 2 aromatic carbocycles. The Morgan fingerprint density at radius 3 is 2.25 bits per heavy atom. The van der Waals surface area contributed by atoms with Crippen molar-refractivity contribution in [3.8, 4) is 10.4 Å². The molecule has 0 saturated heterocycles. The number of nitrogens with zero attached hydrogens (tertiary/aromatic N) is 1. The molecule has 2 atom stereocenters. The van der Waals surface area contributed by atoms with Crippen LogP contribution >= 0.6 is 11.3 Å². The van der Waals surface area contributed by atoms with Gasteiger partial charge in [0.25, 0.3) is 0 Å². The van der Waals surface area contributed by atoms with Gasteiger partial charge < -0.3 is 32.7 Å². The molecule has 8 N–H and O–H groups in total. The zero-order chi connectivity index (χ0) is 28.7. The topological polar surface area (TPSA) is 157 Å². The molecule has 0 aliphatic rings. The van der Waals surface area contributed by atoms with Crippen molar-refractivity contribution in [2.75, 3.05) is 26.2 Å². The van der Waals surface area contributed by atoms with E-state index in [9.17, 15) is 14.4 Å². The first-order valence-electron chi connectivity index (χ1n) is 13.6. The molecule has 0 spiro atoms. The average Bonchev–Trinajstić information content (AvgIpc) is 3.51. The lowest BCUT2D eigenvalue weighted by molar-refractivity contribution is -0.135. The Kier molecular flexibility index (Phi) is 12.8. The molecule has 214 valence electrons. The molecule has 10 heteroatoms. The molecule has 0 bridgehead atoms. The molecule has 40 heavy (non-hydrogen) atoms. The molecule has 0 fully saturated rings. The van der Waals surface area contributed by atoms with Crippen LogP contribution in [0.3, 0.4) is 0 Å². The molecule has 0 aliphatic heterocycles. The molecule has 1 aromatic heterocycles. The molecule has 0 aliphatic carbocycles. The quantitative estimate of drug-likeness (QED) is 0.179. The second-order valence-electron chi connectivity index (χ2n) is 9.56. The van der Waals surface area contributed by atoms with Crippen LogP contribution in [-0.4, -0.2) is 60.9 Å². The minimum Gasteiger partial charge on any atom is -0.350 e. The van der Waals surface area contributed by atoms with E-state index in [0.29, 0.717) is 32.5 Å². The zero-order valence-electron chi connectivity index (χ0n) is 22.8. The number of nitrogens with two attached hydrogens (primary N) is 3. The summed E-state index contributed by atoms with van der Waals surface area (Å²) in [7, 11) is 0. The minimum atomic E-state index is -1.10. The predicted octanol–water partition coefficient (Wildman–Crippen LogP) is 2.00. The maximum absolute atomic E-state index is 13.3. The van der Waals surface area contributed by atoms with E-state index in [0.717, 1.165) is 28.0 Å². The van der Waals surface area contributed by atoms with Crippen molar-refractivity contribution in [2.45, 2.75) is 44.3 Å². The van der Waals surface area contributed by atoms with Gasteiger partial charge in [-0.2, -0.15) is 0 Å².